The van der Waals surface area contributed by atoms with Gasteiger partial charge < -0.3 is 20.5 Å². The standard InChI is InChI=1S/C16H21NO2.C4H11NO/c1-2-14-12-19-16(10-6-7-11-16)17(14)15(18)13-8-4-3-5-9-13;1-2-4(5)3-6/h3-5,8-9,14H,2,6-7,10-12H2,1H3;4,6H,2-3,5H2,1H3/t14-;4-/m11/s1. The molecule has 25 heavy (non-hydrogen) atoms. The molecule has 2 fully saturated rings. The predicted octanol–water partition coefficient (Wildman–Crippen LogP) is 2.92. The van der Waals surface area contributed by atoms with E-state index in [-0.39, 0.29) is 30.3 Å². The zero-order valence-corrected chi connectivity index (χ0v) is 15.5. The van der Waals surface area contributed by atoms with E-state index in [1.54, 1.807) is 0 Å². The average Bonchev–Trinajstić information content (AvgIpc) is 3.29. The summed E-state index contributed by atoms with van der Waals surface area (Å²) in [5, 5.41) is 8.21. The molecule has 5 heteroatoms. The molecule has 1 aromatic carbocycles. The Balaban J connectivity index is 0.000000326. The summed E-state index contributed by atoms with van der Waals surface area (Å²) in [6, 6.07) is 9.81. The molecule has 1 heterocycles. The number of carbonyl (C=O) groups is 1. The second kappa shape index (κ2) is 9.32. The second-order valence-corrected chi connectivity index (χ2v) is 6.92. The van der Waals surface area contributed by atoms with Gasteiger partial charge in [-0.1, -0.05) is 32.0 Å². The van der Waals surface area contributed by atoms with Gasteiger partial charge in [0, 0.05) is 11.6 Å². The fourth-order valence-corrected chi connectivity index (χ4v) is 3.54. The molecule has 0 unspecified atom stereocenters. The first-order valence-corrected chi connectivity index (χ1v) is 9.47. The van der Waals surface area contributed by atoms with Crippen LogP contribution in [-0.4, -0.2) is 46.9 Å². The number of aliphatic hydroxyl groups excluding tert-OH is 1. The van der Waals surface area contributed by atoms with Gasteiger partial charge in [0.15, 0.2) is 0 Å². The first-order chi connectivity index (χ1) is 12.1. The van der Waals surface area contributed by atoms with E-state index in [1.807, 2.05) is 42.2 Å². The zero-order chi connectivity index (χ0) is 18.3. The summed E-state index contributed by atoms with van der Waals surface area (Å²) >= 11 is 0. The van der Waals surface area contributed by atoms with Crippen LogP contribution in [0.2, 0.25) is 0 Å². The van der Waals surface area contributed by atoms with E-state index in [4.69, 9.17) is 15.6 Å². The van der Waals surface area contributed by atoms with E-state index in [0.717, 1.165) is 44.1 Å². The van der Waals surface area contributed by atoms with Crippen LogP contribution in [0.3, 0.4) is 0 Å². The zero-order valence-electron chi connectivity index (χ0n) is 15.5. The lowest BCUT2D eigenvalue weighted by atomic mass is 10.1. The Hall–Kier alpha value is -1.43. The molecule has 1 saturated carbocycles. The van der Waals surface area contributed by atoms with Crippen molar-refractivity contribution in [1.82, 2.24) is 4.90 Å². The normalized spacial score (nSPS) is 22.6. The fourth-order valence-electron chi connectivity index (χ4n) is 3.54. The van der Waals surface area contributed by atoms with Crippen molar-refractivity contribution >= 4 is 5.91 Å². The molecule has 1 amide bonds. The number of nitrogens with two attached hydrogens (primary N) is 1. The number of hydrogen-bond donors (Lipinski definition) is 2. The Labute approximate surface area is 151 Å². The van der Waals surface area contributed by atoms with Crippen LogP contribution in [0.15, 0.2) is 30.3 Å². The van der Waals surface area contributed by atoms with Gasteiger partial charge in [-0.25, -0.2) is 0 Å². The molecule has 2 aliphatic rings. The molecule has 1 aliphatic heterocycles. The summed E-state index contributed by atoms with van der Waals surface area (Å²) in [4.78, 5) is 14.9. The third-order valence-electron chi connectivity index (χ3n) is 5.20. The van der Waals surface area contributed by atoms with E-state index in [1.165, 1.54) is 0 Å². The summed E-state index contributed by atoms with van der Waals surface area (Å²) in [5.74, 6) is 0.131. The maximum atomic E-state index is 12.8. The van der Waals surface area contributed by atoms with Crippen LogP contribution in [-0.2, 0) is 4.74 Å². The van der Waals surface area contributed by atoms with Crippen molar-refractivity contribution in [2.24, 2.45) is 5.73 Å². The van der Waals surface area contributed by atoms with Crippen molar-refractivity contribution in [2.75, 3.05) is 13.2 Å². The quantitative estimate of drug-likeness (QED) is 0.877. The van der Waals surface area contributed by atoms with Crippen LogP contribution in [0, 0.1) is 0 Å². The van der Waals surface area contributed by atoms with Gasteiger partial charge in [0.2, 0.25) is 0 Å². The molecule has 1 saturated heterocycles. The largest absolute Gasteiger partial charge is 0.395 e. The van der Waals surface area contributed by atoms with E-state index in [0.29, 0.717) is 6.61 Å². The highest BCUT2D eigenvalue weighted by atomic mass is 16.5. The van der Waals surface area contributed by atoms with Gasteiger partial charge in [0.1, 0.15) is 5.72 Å². The Bertz CT molecular complexity index is 525. The minimum Gasteiger partial charge on any atom is -0.395 e. The van der Waals surface area contributed by atoms with Crippen LogP contribution in [0.5, 0.6) is 0 Å². The molecular formula is C20H32N2O3. The van der Waals surface area contributed by atoms with Gasteiger partial charge in [0.25, 0.3) is 5.91 Å². The average molecular weight is 348 g/mol. The van der Waals surface area contributed by atoms with Gasteiger partial charge in [0.05, 0.1) is 19.3 Å². The van der Waals surface area contributed by atoms with Crippen LogP contribution in [0.25, 0.3) is 0 Å². The van der Waals surface area contributed by atoms with Crippen LogP contribution in [0.1, 0.15) is 62.7 Å². The SMILES string of the molecule is CC[C@@H](N)CO.CC[C@@H]1COC2(CCCC2)N1C(=O)c1ccccc1. The van der Waals surface area contributed by atoms with Crippen LogP contribution < -0.4 is 5.73 Å². The van der Waals surface area contributed by atoms with Gasteiger partial charge in [-0.15, -0.1) is 0 Å². The van der Waals surface area contributed by atoms with E-state index in [9.17, 15) is 4.79 Å². The summed E-state index contributed by atoms with van der Waals surface area (Å²) < 4.78 is 6.07. The molecule has 2 atom stereocenters. The van der Waals surface area contributed by atoms with Crippen LogP contribution in [0.4, 0.5) is 0 Å². The lowest BCUT2D eigenvalue weighted by molar-refractivity contribution is -0.0642. The molecule has 0 aromatic heterocycles. The highest BCUT2D eigenvalue weighted by Gasteiger charge is 2.50. The Morgan fingerprint density at radius 2 is 1.96 bits per heavy atom. The number of nitrogens with zero attached hydrogens (tertiary/aromatic N) is 1. The molecule has 140 valence electrons. The van der Waals surface area contributed by atoms with Crippen molar-refractivity contribution in [1.29, 1.82) is 0 Å². The smallest absolute Gasteiger partial charge is 0.256 e. The van der Waals surface area contributed by atoms with E-state index < -0.39 is 0 Å². The predicted molar refractivity (Wildman–Crippen MR) is 99.2 cm³/mol. The summed E-state index contributed by atoms with van der Waals surface area (Å²) in [5.41, 5.74) is 5.69. The molecule has 5 nitrogen and oxygen atoms in total. The number of benzene rings is 1. The number of rotatable bonds is 4. The summed E-state index contributed by atoms with van der Waals surface area (Å²) in [7, 11) is 0. The number of ether oxygens (including phenoxy) is 1. The highest BCUT2D eigenvalue weighted by molar-refractivity contribution is 5.95. The lowest BCUT2D eigenvalue weighted by Crippen LogP contribution is -2.49. The second-order valence-electron chi connectivity index (χ2n) is 6.92. The number of amides is 1. The summed E-state index contributed by atoms with van der Waals surface area (Å²) in [6.07, 6.45) is 6.12. The fraction of sp³-hybridized carbons (Fsp3) is 0.650. The van der Waals surface area contributed by atoms with Crippen molar-refractivity contribution in [3.05, 3.63) is 35.9 Å². The van der Waals surface area contributed by atoms with Crippen molar-refractivity contribution in [3.63, 3.8) is 0 Å². The molecule has 3 rings (SSSR count). The number of aliphatic hydroxyl groups is 1. The Morgan fingerprint density at radius 1 is 1.32 bits per heavy atom. The minimum atomic E-state index is -0.312. The molecule has 3 N–H and O–H groups in total. The van der Waals surface area contributed by atoms with Gasteiger partial charge in [-0.3, -0.25) is 4.79 Å². The minimum absolute atomic E-state index is 0.00926. The van der Waals surface area contributed by atoms with Crippen LogP contribution >= 0.6 is 0 Å². The van der Waals surface area contributed by atoms with Gasteiger partial charge in [-0.2, -0.15) is 0 Å². The monoisotopic (exact) mass is 348 g/mol. The number of carbonyl (C=O) groups excluding carboxylic acids is 1. The first kappa shape index (κ1) is 19.9. The third-order valence-corrected chi connectivity index (χ3v) is 5.20. The molecule has 0 radical (unpaired) electrons. The van der Waals surface area contributed by atoms with Gasteiger partial charge >= 0.3 is 0 Å². The van der Waals surface area contributed by atoms with E-state index >= 15 is 0 Å². The van der Waals surface area contributed by atoms with Crippen molar-refractivity contribution in [3.8, 4) is 0 Å². The Kier molecular flexibility index (Phi) is 7.41. The highest BCUT2D eigenvalue weighted by Crippen LogP contribution is 2.43. The van der Waals surface area contributed by atoms with Crippen molar-refractivity contribution < 1.29 is 14.6 Å². The van der Waals surface area contributed by atoms with Crippen molar-refractivity contribution in [2.45, 2.75) is 70.2 Å². The maximum absolute atomic E-state index is 12.8. The first-order valence-electron chi connectivity index (χ1n) is 9.47. The topological polar surface area (TPSA) is 75.8 Å². The molecule has 1 aliphatic carbocycles. The molecule has 1 aromatic rings. The lowest BCUT2D eigenvalue weighted by Gasteiger charge is -2.36. The van der Waals surface area contributed by atoms with Gasteiger partial charge in [-0.05, 0) is 50.7 Å². The third kappa shape index (κ3) is 4.60. The molecule has 1 spiro atoms. The maximum Gasteiger partial charge on any atom is 0.256 e. The Morgan fingerprint density at radius 3 is 2.44 bits per heavy atom. The molecule has 0 bridgehead atoms. The number of hydrogen-bond acceptors (Lipinski definition) is 4. The summed E-state index contributed by atoms with van der Waals surface area (Å²) in [6.45, 7) is 4.87. The van der Waals surface area contributed by atoms with E-state index in [2.05, 4.69) is 6.92 Å². The molecular weight excluding hydrogens is 316 g/mol.